The van der Waals surface area contributed by atoms with Crippen molar-refractivity contribution in [2.75, 3.05) is 11.9 Å². The molecule has 2 rings (SSSR count). The highest BCUT2D eigenvalue weighted by Crippen LogP contribution is 2.21. The first kappa shape index (κ1) is 13.0. The van der Waals surface area contributed by atoms with Crippen molar-refractivity contribution < 1.29 is 0 Å². The van der Waals surface area contributed by atoms with Crippen molar-refractivity contribution in [1.82, 2.24) is 9.97 Å². The summed E-state index contributed by atoms with van der Waals surface area (Å²) in [4.78, 5) is 10.7. The predicted molar refractivity (Wildman–Crippen MR) is 74.8 cm³/mol. The van der Waals surface area contributed by atoms with Gasteiger partial charge in [-0.1, -0.05) is 6.07 Å². The fraction of sp³-hybridized carbons (Fsp3) is 0.267. The minimum absolute atomic E-state index is 0.629. The maximum Gasteiger partial charge on any atom is 0.147 e. The molecule has 0 saturated heterocycles. The van der Waals surface area contributed by atoms with E-state index < -0.39 is 0 Å². The summed E-state index contributed by atoms with van der Waals surface area (Å²) >= 11 is 0. The molecule has 0 radical (unpaired) electrons. The molecular formula is C15H16N4. The zero-order valence-electron chi connectivity index (χ0n) is 11.4. The number of hydrogen-bond acceptors (Lipinski definition) is 4. The molecule has 0 fully saturated rings. The summed E-state index contributed by atoms with van der Waals surface area (Å²) in [5.74, 6) is 0.714. The Hall–Kier alpha value is -2.41. The van der Waals surface area contributed by atoms with Crippen LogP contribution in [0.2, 0.25) is 0 Å². The van der Waals surface area contributed by atoms with E-state index in [1.54, 1.807) is 6.20 Å². The fourth-order valence-electron chi connectivity index (χ4n) is 2.04. The van der Waals surface area contributed by atoms with Crippen LogP contribution in [-0.4, -0.2) is 17.0 Å². The normalized spacial score (nSPS) is 10.0. The van der Waals surface area contributed by atoms with Gasteiger partial charge < -0.3 is 4.90 Å². The Morgan fingerprint density at radius 1 is 1.32 bits per heavy atom. The molecule has 4 heteroatoms. The van der Waals surface area contributed by atoms with Crippen LogP contribution in [0, 0.1) is 25.2 Å². The number of nitriles is 1. The molecule has 0 bridgehead atoms. The van der Waals surface area contributed by atoms with Gasteiger partial charge in [0.2, 0.25) is 0 Å². The van der Waals surface area contributed by atoms with Crippen LogP contribution in [0.15, 0.2) is 30.5 Å². The Kier molecular flexibility index (Phi) is 3.76. The molecule has 0 amide bonds. The van der Waals surface area contributed by atoms with E-state index in [1.807, 2.05) is 50.1 Å². The van der Waals surface area contributed by atoms with Gasteiger partial charge in [0.1, 0.15) is 11.9 Å². The molecule has 0 aromatic carbocycles. The Bertz CT molecular complexity index is 614. The molecule has 0 aliphatic heterocycles. The quantitative estimate of drug-likeness (QED) is 0.842. The van der Waals surface area contributed by atoms with Crippen LogP contribution >= 0.6 is 0 Å². The van der Waals surface area contributed by atoms with Crippen molar-refractivity contribution in [3.63, 3.8) is 0 Å². The van der Waals surface area contributed by atoms with Crippen molar-refractivity contribution >= 4 is 5.82 Å². The molecule has 0 N–H and O–H groups in total. The van der Waals surface area contributed by atoms with Gasteiger partial charge in [-0.05, 0) is 37.6 Å². The second-order valence-corrected chi connectivity index (χ2v) is 4.57. The van der Waals surface area contributed by atoms with Crippen LogP contribution in [0.5, 0.6) is 0 Å². The smallest absolute Gasteiger partial charge is 0.147 e. The highest BCUT2D eigenvalue weighted by atomic mass is 15.2. The number of pyridine rings is 2. The lowest BCUT2D eigenvalue weighted by molar-refractivity contribution is 0.858. The molecule has 2 aromatic rings. The van der Waals surface area contributed by atoms with Gasteiger partial charge >= 0.3 is 0 Å². The van der Waals surface area contributed by atoms with Crippen molar-refractivity contribution in [2.24, 2.45) is 0 Å². The van der Waals surface area contributed by atoms with E-state index in [2.05, 4.69) is 16.0 Å². The average molecular weight is 252 g/mol. The second-order valence-electron chi connectivity index (χ2n) is 4.57. The third-order valence-electron chi connectivity index (χ3n) is 2.92. The fourth-order valence-corrected chi connectivity index (χ4v) is 2.04. The lowest BCUT2D eigenvalue weighted by Gasteiger charge is -2.20. The highest BCUT2D eigenvalue weighted by Gasteiger charge is 2.13. The van der Waals surface area contributed by atoms with E-state index in [4.69, 9.17) is 0 Å². The minimum atomic E-state index is 0.629. The number of hydrogen-bond donors (Lipinski definition) is 0. The van der Waals surface area contributed by atoms with Gasteiger partial charge in [-0.15, -0.1) is 0 Å². The largest absolute Gasteiger partial charge is 0.353 e. The van der Waals surface area contributed by atoms with Crippen molar-refractivity contribution in [3.8, 4) is 6.07 Å². The number of aryl methyl sites for hydroxylation is 2. The molecule has 19 heavy (non-hydrogen) atoms. The Balaban J connectivity index is 2.34. The van der Waals surface area contributed by atoms with Gasteiger partial charge in [-0.3, -0.25) is 4.98 Å². The van der Waals surface area contributed by atoms with Crippen LogP contribution < -0.4 is 4.90 Å². The Morgan fingerprint density at radius 3 is 2.74 bits per heavy atom. The Labute approximate surface area is 113 Å². The summed E-state index contributed by atoms with van der Waals surface area (Å²) in [7, 11) is 1.93. The second kappa shape index (κ2) is 5.49. The van der Waals surface area contributed by atoms with E-state index in [0.717, 1.165) is 17.0 Å². The highest BCUT2D eigenvalue weighted by molar-refractivity contribution is 5.57. The summed E-state index contributed by atoms with van der Waals surface area (Å²) in [5, 5.41) is 9.27. The minimum Gasteiger partial charge on any atom is -0.353 e. The SMILES string of the molecule is Cc1cc(C)c(C#N)c(N(C)Cc2ccccn2)n1. The molecule has 2 aromatic heterocycles. The molecule has 0 saturated carbocycles. The van der Waals surface area contributed by atoms with E-state index >= 15 is 0 Å². The van der Waals surface area contributed by atoms with Crippen molar-refractivity contribution in [2.45, 2.75) is 20.4 Å². The Morgan fingerprint density at radius 2 is 2.11 bits per heavy atom. The summed E-state index contributed by atoms with van der Waals surface area (Å²) in [6, 6.07) is 9.97. The van der Waals surface area contributed by atoms with Crippen LogP contribution in [0.1, 0.15) is 22.5 Å². The van der Waals surface area contributed by atoms with Gasteiger partial charge in [0.15, 0.2) is 0 Å². The topological polar surface area (TPSA) is 52.8 Å². The maximum absolute atomic E-state index is 9.27. The predicted octanol–water partition coefficient (Wildman–Crippen LogP) is 2.60. The van der Waals surface area contributed by atoms with Crippen LogP contribution in [0.3, 0.4) is 0 Å². The molecule has 96 valence electrons. The summed E-state index contributed by atoms with van der Waals surface area (Å²) in [6.07, 6.45) is 1.77. The van der Waals surface area contributed by atoms with Gasteiger partial charge in [0.05, 0.1) is 17.8 Å². The van der Waals surface area contributed by atoms with Gasteiger partial charge in [-0.25, -0.2) is 4.98 Å². The third kappa shape index (κ3) is 2.89. The standard InChI is InChI=1S/C15H16N4/c1-11-8-12(2)18-15(14(11)9-16)19(3)10-13-6-4-5-7-17-13/h4-8H,10H2,1-3H3. The number of anilines is 1. The first-order chi connectivity index (χ1) is 9.11. The molecule has 0 atom stereocenters. The van der Waals surface area contributed by atoms with Gasteiger partial charge in [0, 0.05) is 18.9 Å². The molecule has 2 heterocycles. The van der Waals surface area contributed by atoms with E-state index in [-0.39, 0.29) is 0 Å². The zero-order valence-corrected chi connectivity index (χ0v) is 11.4. The molecule has 4 nitrogen and oxygen atoms in total. The number of rotatable bonds is 3. The zero-order chi connectivity index (χ0) is 13.8. The van der Waals surface area contributed by atoms with Crippen molar-refractivity contribution in [3.05, 3.63) is 53.0 Å². The van der Waals surface area contributed by atoms with E-state index in [0.29, 0.717) is 17.9 Å². The van der Waals surface area contributed by atoms with E-state index in [9.17, 15) is 5.26 Å². The van der Waals surface area contributed by atoms with E-state index in [1.165, 1.54) is 0 Å². The summed E-state index contributed by atoms with van der Waals surface area (Å²) < 4.78 is 0. The lowest BCUT2D eigenvalue weighted by Crippen LogP contribution is -2.20. The summed E-state index contributed by atoms with van der Waals surface area (Å²) in [5.41, 5.74) is 3.45. The summed E-state index contributed by atoms with van der Waals surface area (Å²) in [6.45, 7) is 4.50. The molecule has 0 unspecified atom stereocenters. The van der Waals surface area contributed by atoms with Crippen molar-refractivity contribution in [1.29, 1.82) is 5.26 Å². The number of aromatic nitrogens is 2. The monoisotopic (exact) mass is 252 g/mol. The third-order valence-corrected chi connectivity index (χ3v) is 2.92. The molecule has 0 aliphatic carbocycles. The van der Waals surface area contributed by atoms with Gasteiger partial charge in [0.25, 0.3) is 0 Å². The first-order valence-corrected chi connectivity index (χ1v) is 6.11. The van der Waals surface area contributed by atoms with Crippen LogP contribution in [0.25, 0.3) is 0 Å². The van der Waals surface area contributed by atoms with Gasteiger partial charge in [-0.2, -0.15) is 5.26 Å². The molecule has 0 spiro atoms. The first-order valence-electron chi connectivity index (χ1n) is 6.11. The average Bonchev–Trinajstić information content (AvgIpc) is 2.39. The maximum atomic E-state index is 9.27. The van der Waals surface area contributed by atoms with Crippen LogP contribution in [-0.2, 0) is 6.54 Å². The lowest BCUT2D eigenvalue weighted by atomic mass is 10.1. The number of nitrogens with zero attached hydrogens (tertiary/aromatic N) is 4. The molecular weight excluding hydrogens is 236 g/mol. The van der Waals surface area contributed by atoms with Crippen LogP contribution in [0.4, 0.5) is 5.82 Å². The molecule has 0 aliphatic rings.